The summed E-state index contributed by atoms with van der Waals surface area (Å²) in [5.41, 5.74) is 2.83. The van der Waals surface area contributed by atoms with Gasteiger partial charge >= 0.3 is 0 Å². The summed E-state index contributed by atoms with van der Waals surface area (Å²) in [5, 5.41) is 9.02. The highest BCUT2D eigenvalue weighted by atomic mass is 32.2. The fraction of sp³-hybridized carbons (Fsp3) is 0.263. The quantitative estimate of drug-likeness (QED) is 0.484. The van der Waals surface area contributed by atoms with Gasteiger partial charge in [-0.3, -0.25) is 0 Å². The van der Waals surface area contributed by atoms with Gasteiger partial charge in [0.1, 0.15) is 11.6 Å². The van der Waals surface area contributed by atoms with Crippen molar-refractivity contribution >= 4 is 11.8 Å². The number of nitrogens with zero attached hydrogens (tertiary/aromatic N) is 3. The third kappa shape index (κ3) is 4.20. The van der Waals surface area contributed by atoms with Crippen molar-refractivity contribution in [2.24, 2.45) is 7.05 Å². The fourth-order valence-electron chi connectivity index (χ4n) is 2.63. The average molecular weight is 357 g/mol. The second-order valence-electron chi connectivity index (χ2n) is 5.87. The molecule has 0 spiro atoms. The Hall–Kier alpha value is -2.34. The molecule has 6 heteroatoms. The average Bonchev–Trinajstić information content (AvgIpc) is 2.92. The van der Waals surface area contributed by atoms with Crippen molar-refractivity contribution in [3.05, 3.63) is 59.4 Å². The summed E-state index contributed by atoms with van der Waals surface area (Å²) in [6, 6.07) is 12.7. The highest BCUT2D eigenvalue weighted by Crippen LogP contribution is 2.24. The lowest BCUT2D eigenvalue weighted by molar-refractivity contribution is 0.343. The van der Waals surface area contributed by atoms with Gasteiger partial charge in [-0.15, -0.1) is 10.2 Å². The molecule has 1 heterocycles. The maximum absolute atomic E-state index is 13.9. The Morgan fingerprint density at radius 2 is 1.80 bits per heavy atom. The van der Waals surface area contributed by atoms with Crippen LogP contribution in [0, 0.1) is 19.7 Å². The first kappa shape index (κ1) is 17.5. The van der Waals surface area contributed by atoms with Gasteiger partial charge in [0.05, 0.1) is 12.2 Å². The molecule has 0 saturated heterocycles. The van der Waals surface area contributed by atoms with Crippen molar-refractivity contribution in [2.75, 3.05) is 12.4 Å². The van der Waals surface area contributed by atoms with Crippen LogP contribution in [0.3, 0.4) is 0 Å². The van der Waals surface area contributed by atoms with Crippen LogP contribution in [0.15, 0.2) is 47.6 Å². The largest absolute Gasteiger partial charge is 0.493 e. The van der Waals surface area contributed by atoms with Gasteiger partial charge < -0.3 is 9.30 Å². The maximum Gasteiger partial charge on any atom is 0.191 e. The van der Waals surface area contributed by atoms with E-state index in [2.05, 4.69) is 30.1 Å². The zero-order valence-electron chi connectivity index (χ0n) is 14.5. The number of halogens is 1. The van der Waals surface area contributed by atoms with E-state index in [0.29, 0.717) is 18.0 Å². The summed E-state index contributed by atoms with van der Waals surface area (Å²) in [5.74, 6) is 1.84. The molecule has 0 amide bonds. The van der Waals surface area contributed by atoms with Gasteiger partial charge in [-0.1, -0.05) is 30.0 Å². The van der Waals surface area contributed by atoms with Crippen LogP contribution in [-0.2, 0) is 7.05 Å². The second kappa shape index (κ2) is 7.70. The molecule has 3 aromatic rings. The number of thioether (sulfide) groups is 1. The standard InChI is InChI=1S/C19H20FN3OS/c1-13-10-14(2)12-15(11-13)24-8-9-25-19-22-21-18(23(19)3)16-6-4-5-7-17(16)20/h4-7,10-12H,8-9H2,1-3H3. The summed E-state index contributed by atoms with van der Waals surface area (Å²) >= 11 is 1.54. The van der Waals surface area contributed by atoms with Crippen LogP contribution in [0.5, 0.6) is 5.75 Å². The van der Waals surface area contributed by atoms with E-state index in [1.165, 1.54) is 29.0 Å². The Kier molecular flexibility index (Phi) is 5.38. The minimum atomic E-state index is -0.298. The molecular formula is C19H20FN3OS. The van der Waals surface area contributed by atoms with Crippen LogP contribution < -0.4 is 4.74 Å². The molecule has 0 unspecified atom stereocenters. The van der Waals surface area contributed by atoms with Crippen molar-refractivity contribution < 1.29 is 9.13 Å². The van der Waals surface area contributed by atoms with E-state index in [0.717, 1.165) is 16.7 Å². The molecule has 0 fully saturated rings. The third-order valence-electron chi connectivity index (χ3n) is 3.73. The summed E-state index contributed by atoms with van der Waals surface area (Å²) in [7, 11) is 1.84. The van der Waals surface area contributed by atoms with Gasteiger partial charge in [-0.25, -0.2) is 4.39 Å². The summed E-state index contributed by atoms with van der Waals surface area (Å²) in [6.45, 7) is 4.67. The molecule has 0 atom stereocenters. The summed E-state index contributed by atoms with van der Waals surface area (Å²) in [4.78, 5) is 0. The minimum Gasteiger partial charge on any atom is -0.493 e. The summed E-state index contributed by atoms with van der Waals surface area (Å²) in [6.07, 6.45) is 0. The van der Waals surface area contributed by atoms with Crippen molar-refractivity contribution in [1.29, 1.82) is 0 Å². The van der Waals surface area contributed by atoms with E-state index in [1.54, 1.807) is 22.8 Å². The van der Waals surface area contributed by atoms with Crippen molar-refractivity contribution in [2.45, 2.75) is 19.0 Å². The molecule has 0 bridgehead atoms. The normalized spacial score (nSPS) is 10.9. The first-order valence-corrected chi connectivity index (χ1v) is 9.01. The van der Waals surface area contributed by atoms with Gasteiger partial charge in [0, 0.05) is 12.8 Å². The first-order valence-electron chi connectivity index (χ1n) is 8.03. The Morgan fingerprint density at radius 3 is 2.52 bits per heavy atom. The fourth-order valence-corrected chi connectivity index (χ4v) is 3.35. The SMILES string of the molecule is Cc1cc(C)cc(OCCSc2nnc(-c3ccccc3F)n2C)c1. The molecule has 0 radical (unpaired) electrons. The zero-order valence-corrected chi connectivity index (χ0v) is 15.3. The highest BCUT2D eigenvalue weighted by molar-refractivity contribution is 7.99. The van der Waals surface area contributed by atoms with Gasteiger partial charge in [-0.05, 0) is 49.2 Å². The van der Waals surface area contributed by atoms with Crippen LogP contribution in [-0.4, -0.2) is 27.1 Å². The molecular weight excluding hydrogens is 337 g/mol. The van der Waals surface area contributed by atoms with E-state index in [9.17, 15) is 4.39 Å². The van der Waals surface area contributed by atoms with Crippen molar-refractivity contribution in [3.8, 4) is 17.1 Å². The van der Waals surface area contributed by atoms with E-state index in [1.807, 2.05) is 19.2 Å². The number of ether oxygens (including phenoxy) is 1. The number of benzene rings is 2. The number of aromatic nitrogens is 3. The lowest BCUT2D eigenvalue weighted by Crippen LogP contribution is -2.02. The van der Waals surface area contributed by atoms with Crippen LogP contribution in [0.2, 0.25) is 0 Å². The molecule has 0 aliphatic carbocycles. The van der Waals surface area contributed by atoms with Crippen LogP contribution >= 0.6 is 11.8 Å². The molecule has 130 valence electrons. The topological polar surface area (TPSA) is 39.9 Å². The van der Waals surface area contributed by atoms with Gasteiger partial charge in [0.2, 0.25) is 0 Å². The van der Waals surface area contributed by atoms with Crippen LogP contribution in [0.4, 0.5) is 4.39 Å². The third-order valence-corrected chi connectivity index (χ3v) is 4.71. The lowest BCUT2D eigenvalue weighted by atomic mass is 10.1. The van der Waals surface area contributed by atoms with E-state index >= 15 is 0 Å². The zero-order chi connectivity index (χ0) is 17.8. The lowest BCUT2D eigenvalue weighted by Gasteiger charge is -2.08. The Balaban J connectivity index is 1.60. The minimum absolute atomic E-state index is 0.298. The molecule has 4 nitrogen and oxygen atoms in total. The molecule has 1 aromatic heterocycles. The molecule has 0 N–H and O–H groups in total. The monoisotopic (exact) mass is 357 g/mol. The van der Waals surface area contributed by atoms with Gasteiger partial charge in [0.25, 0.3) is 0 Å². The number of aryl methyl sites for hydroxylation is 2. The smallest absolute Gasteiger partial charge is 0.191 e. The van der Waals surface area contributed by atoms with Crippen molar-refractivity contribution in [1.82, 2.24) is 14.8 Å². The predicted molar refractivity (Wildman–Crippen MR) is 98.5 cm³/mol. The van der Waals surface area contributed by atoms with Crippen molar-refractivity contribution in [3.63, 3.8) is 0 Å². The van der Waals surface area contributed by atoms with Gasteiger partial charge in [-0.2, -0.15) is 0 Å². The Labute approximate surface area is 151 Å². The Bertz CT molecular complexity index is 859. The predicted octanol–water partition coefficient (Wildman–Crippen LogP) is 4.41. The second-order valence-corrected chi connectivity index (χ2v) is 6.93. The number of hydrogen-bond donors (Lipinski definition) is 0. The molecule has 3 rings (SSSR count). The molecule has 2 aromatic carbocycles. The Morgan fingerprint density at radius 1 is 1.08 bits per heavy atom. The number of rotatable bonds is 6. The highest BCUT2D eigenvalue weighted by Gasteiger charge is 2.14. The maximum atomic E-state index is 13.9. The molecule has 0 aliphatic rings. The van der Waals surface area contributed by atoms with E-state index in [4.69, 9.17) is 4.74 Å². The number of hydrogen-bond acceptors (Lipinski definition) is 4. The first-order chi connectivity index (χ1) is 12.0. The van der Waals surface area contributed by atoms with Crippen LogP contribution in [0.1, 0.15) is 11.1 Å². The summed E-state index contributed by atoms with van der Waals surface area (Å²) < 4.78 is 21.5. The molecule has 25 heavy (non-hydrogen) atoms. The molecule has 0 aliphatic heterocycles. The van der Waals surface area contributed by atoms with E-state index in [-0.39, 0.29) is 5.82 Å². The van der Waals surface area contributed by atoms with Crippen LogP contribution in [0.25, 0.3) is 11.4 Å². The van der Waals surface area contributed by atoms with Gasteiger partial charge in [0.15, 0.2) is 11.0 Å². The van der Waals surface area contributed by atoms with E-state index < -0.39 is 0 Å². The molecule has 0 saturated carbocycles.